The molecule has 4 nitrogen and oxygen atoms in total. The Morgan fingerprint density at radius 1 is 0.667 bits per heavy atom. The Labute approximate surface area is 111 Å². The molecule has 2 heterocycles. The van der Waals surface area contributed by atoms with Crippen LogP contribution in [0.2, 0.25) is 0 Å². The molecule has 0 radical (unpaired) electrons. The molecule has 4 heteroatoms. The summed E-state index contributed by atoms with van der Waals surface area (Å²) < 4.78 is 0. The van der Waals surface area contributed by atoms with E-state index in [0.29, 0.717) is 0 Å². The minimum absolute atomic E-state index is 0.720. The molecule has 0 spiro atoms. The molecule has 0 bridgehead atoms. The van der Waals surface area contributed by atoms with Gasteiger partial charge in [-0.05, 0) is 31.1 Å². The summed E-state index contributed by atoms with van der Waals surface area (Å²) in [6, 6.07) is 1.44. The zero-order chi connectivity index (χ0) is 12.2. The van der Waals surface area contributed by atoms with E-state index in [1.807, 2.05) is 0 Å². The van der Waals surface area contributed by atoms with E-state index in [0.717, 1.165) is 50.1 Å². The molecule has 0 aromatic rings. The maximum absolute atomic E-state index is 3.71. The third kappa shape index (κ3) is 3.05. The first-order valence-corrected chi connectivity index (χ1v) is 7.81. The van der Waals surface area contributed by atoms with Crippen molar-refractivity contribution in [1.29, 1.82) is 0 Å². The standard InChI is InChI=1S/C14H28N4/c1-2-11(13-9-15-4-6-17-13)8-12(3-1)14-10-16-5-7-18-14/h11-18H,1-10H2. The van der Waals surface area contributed by atoms with Crippen LogP contribution in [0.3, 0.4) is 0 Å². The van der Waals surface area contributed by atoms with Crippen molar-refractivity contribution in [1.82, 2.24) is 21.3 Å². The number of hydrogen-bond donors (Lipinski definition) is 4. The molecule has 4 atom stereocenters. The molecule has 4 unspecified atom stereocenters. The Kier molecular flexibility index (Phi) is 4.52. The average molecular weight is 252 g/mol. The Morgan fingerprint density at radius 2 is 1.22 bits per heavy atom. The van der Waals surface area contributed by atoms with Crippen LogP contribution >= 0.6 is 0 Å². The van der Waals surface area contributed by atoms with Gasteiger partial charge in [-0.1, -0.05) is 6.42 Å². The topological polar surface area (TPSA) is 48.1 Å². The molecule has 0 amide bonds. The van der Waals surface area contributed by atoms with Gasteiger partial charge in [0, 0.05) is 51.4 Å². The monoisotopic (exact) mass is 252 g/mol. The molecule has 2 saturated heterocycles. The third-order valence-corrected chi connectivity index (χ3v) is 5.04. The molecule has 4 N–H and O–H groups in total. The molecule has 1 aliphatic carbocycles. The normalized spacial score (nSPS) is 42.7. The Balaban J connectivity index is 1.53. The number of rotatable bonds is 2. The van der Waals surface area contributed by atoms with E-state index < -0.39 is 0 Å². The van der Waals surface area contributed by atoms with Crippen LogP contribution in [0, 0.1) is 11.8 Å². The Bertz CT molecular complexity index is 222. The van der Waals surface area contributed by atoms with Crippen molar-refractivity contribution in [2.24, 2.45) is 11.8 Å². The van der Waals surface area contributed by atoms with Crippen LogP contribution in [0.4, 0.5) is 0 Å². The van der Waals surface area contributed by atoms with Gasteiger partial charge in [0.05, 0.1) is 0 Å². The maximum atomic E-state index is 3.71. The lowest BCUT2D eigenvalue weighted by Gasteiger charge is -2.41. The summed E-state index contributed by atoms with van der Waals surface area (Å²) in [5, 5.41) is 14.5. The largest absolute Gasteiger partial charge is 0.314 e. The molecule has 2 aliphatic heterocycles. The van der Waals surface area contributed by atoms with Gasteiger partial charge < -0.3 is 21.3 Å². The lowest BCUT2D eigenvalue weighted by molar-refractivity contribution is 0.160. The van der Waals surface area contributed by atoms with E-state index in [1.165, 1.54) is 38.8 Å². The molecule has 3 fully saturated rings. The maximum Gasteiger partial charge on any atom is 0.0221 e. The van der Waals surface area contributed by atoms with Crippen molar-refractivity contribution in [3.05, 3.63) is 0 Å². The van der Waals surface area contributed by atoms with E-state index >= 15 is 0 Å². The lowest BCUT2D eigenvalue weighted by Crippen LogP contribution is -2.55. The predicted octanol–water partition coefficient (Wildman–Crippen LogP) is -0.0844. The summed E-state index contributed by atoms with van der Waals surface area (Å²) >= 11 is 0. The first-order valence-electron chi connectivity index (χ1n) is 7.81. The van der Waals surface area contributed by atoms with Gasteiger partial charge in [0.25, 0.3) is 0 Å². The highest BCUT2D eigenvalue weighted by atomic mass is 15.1. The van der Waals surface area contributed by atoms with Gasteiger partial charge in [-0.3, -0.25) is 0 Å². The zero-order valence-corrected chi connectivity index (χ0v) is 11.4. The van der Waals surface area contributed by atoms with E-state index in [9.17, 15) is 0 Å². The lowest BCUT2D eigenvalue weighted by atomic mass is 9.74. The molecule has 3 rings (SSSR count). The highest BCUT2D eigenvalue weighted by Crippen LogP contribution is 2.33. The van der Waals surface area contributed by atoms with Crippen molar-refractivity contribution < 1.29 is 0 Å². The van der Waals surface area contributed by atoms with Crippen molar-refractivity contribution in [2.75, 3.05) is 39.3 Å². The Morgan fingerprint density at radius 3 is 1.67 bits per heavy atom. The van der Waals surface area contributed by atoms with Gasteiger partial charge in [0.2, 0.25) is 0 Å². The zero-order valence-electron chi connectivity index (χ0n) is 11.4. The van der Waals surface area contributed by atoms with Gasteiger partial charge in [0.15, 0.2) is 0 Å². The van der Waals surface area contributed by atoms with E-state index in [4.69, 9.17) is 0 Å². The Hall–Kier alpha value is -0.160. The predicted molar refractivity (Wildman–Crippen MR) is 74.8 cm³/mol. The average Bonchev–Trinajstić information content (AvgIpc) is 2.49. The second-order valence-corrected chi connectivity index (χ2v) is 6.22. The summed E-state index contributed by atoms with van der Waals surface area (Å²) in [6.45, 7) is 6.92. The van der Waals surface area contributed by atoms with Gasteiger partial charge in [-0.25, -0.2) is 0 Å². The smallest absolute Gasteiger partial charge is 0.0221 e. The van der Waals surface area contributed by atoms with Gasteiger partial charge in [-0.2, -0.15) is 0 Å². The van der Waals surface area contributed by atoms with Crippen molar-refractivity contribution >= 4 is 0 Å². The molecular weight excluding hydrogens is 224 g/mol. The molecule has 18 heavy (non-hydrogen) atoms. The quantitative estimate of drug-likeness (QED) is 0.555. The van der Waals surface area contributed by atoms with Gasteiger partial charge >= 0.3 is 0 Å². The second kappa shape index (κ2) is 6.33. The van der Waals surface area contributed by atoms with Crippen LogP contribution in [-0.2, 0) is 0 Å². The van der Waals surface area contributed by atoms with Crippen molar-refractivity contribution in [2.45, 2.75) is 37.8 Å². The van der Waals surface area contributed by atoms with Crippen LogP contribution in [0.1, 0.15) is 25.7 Å². The molecule has 1 saturated carbocycles. The van der Waals surface area contributed by atoms with Crippen LogP contribution in [0.15, 0.2) is 0 Å². The van der Waals surface area contributed by atoms with Crippen molar-refractivity contribution in [3.63, 3.8) is 0 Å². The summed E-state index contributed by atoms with van der Waals surface area (Å²) in [6.07, 6.45) is 5.69. The van der Waals surface area contributed by atoms with Crippen LogP contribution in [-0.4, -0.2) is 51.4 Å². The number of hydrogen-bond acceptors (Lipinski definition) is 4. The fraction of sp³-hybridized carbons (Fsp3) is 1.00. The summed E-state index contributed by atoms with van der Waals surface area (Å²) in [5.41, 5.74) is 0. The van der Waals surface area contributed by atoms with Crippen LogP contribution < -0.4 is 21.3 Å². The SMILES string of the molecule is C1CC(C2CNCCN2)CC(C2CNCCN2)C1. The molecule has 104 valence electrons. The fourth-order valence-corrected chi connectivity index (χ4v) is 4.02. The van der Waals surface area contributed by atoms with E-state index in [-0.39, 0.29) is 0 Å². The minimum atomic E-state index is 0.720. The highest BCUT2D eigenvalue weighted by molar-refractivity contribution is 4.91. The van der Waals surface area contributed by atoms with Crippen LogP contribution in [0.25, 0.3) is 0 Å². The third-order valence-electron chi connectivity index (χ3n) is 5.04. The first kappa shape index (κ1) is 12.9. The summed E-state index contributed by atoms with van der Waals surface area (Å²) in [5.74, 6) is 1.78. The summed E-state index contributed by atoms with van der Waals surface area (Å²) in [7, 11) is 0. The van der Waals surface area contributed by atoms with Gasteiger partial charge in [0.1, 0.15) is 0 Å². The van der Waals surface area contributed by atoms with Crippen molar-refractivity contribution in [3.8, 4) is 0 Å². The molecular formula is C14H28N4. The number of nitrogens with one attached hydrogen (secondary N) is 4. The summed E-state index contributed by atoms with van der Waals surface area (Å²) in [4.78, 5) is 0. The van der Waals surface area contributed by atoms with Crippen LogP contribution in [0.5, 0.6) is 0 Å². The van der Waals surface area contributed by atoms with E-state index in [2.05, 4.69) is 21.3 Å². The second-order valence-electron chi connectivity index (χ2n) is 6.22. The minimum Gasteiger partial charge on any atom is -0.314 e. The molecule has 3 aliphatic rings. The molecule has 0 aromatic carbocycles. The molecule has 0 aromatic heterocycles. The van der Waals surface area contributed by atoms with Gasteiger partial charge in [-0.15, -0.1) is 0 Å². The fourth-order valence-electron chi connectivity index (χ4n) is 4.02. The van der Waals surface area contributed by atoms with E-state index in [1.54, 1.807) is 0 Å². The number of piperazine rings is 2. The first-order chi connectivity index (χ1) is 8.93. The highest BCUT2D eigenvalue weighted by Gasteiger charge is 2.33.